The second-order valence-corrected chi connectivity index (χ2v) is 11.6. The minimum absolute atomic E-state index is 0.0400. The van der Waals surface area contributed by atoms with Gasteiger partial charge in [-0.05, 0) is 64.6 Å². The Balaban J connectivity index is 1.39. The fraction of sp³-hybridized carbons (Fsp3) is 0.577. The SMILES string of the molecule is CN1CCC(C(=O)NCc2nnc(-c3cc4c(N[C@@H]5CCN(C)C[C@@H]5F)cccc4n3CC(F)(F)F)s2)CC1. The van der Waals surface area contributed by atoms with Crippen molar-refractivity contribution >= 4 is 33.8 Å². The average molecular weight is 568 g/mol. The third-order valence-electron chi connectivity index (χ3n) is 7.56. The van der Waals surface area contributed by atoms with Crippen molar-refractivity contribution in [3.63, 3.8) is 0 Å². The Bertz CT molecular complexity index is 1300. The van der Waals surface area contributed by atoms with Gasteiger partial charge in [-0.15, -0.1) is 10.2 Å². The Kier molecular flexibility index (Phi) is 8.11. The quantitative estimate of drug-likeness (QED) is 0.418. The van der Waals surface area contributed by atoms with Crippen LogP contribution in [0.3, 0.4) is 0 Å². The van der Waals surface area contributed by atoms with Crippen molar-refractivity contribution < 1.29 is 22.4 Å². The first-order chi connectivity index (χ1) is 18.6. The number of amides is 1. The number of anilines is 1. The van der Waals surface area contributed by atoms with Crippen LogP contribution in [0.1, 0.15) is 24.3 Å². The number of nitrogens with one attached hydrogen (secondary N) is 2. The lowest BCUT2D eigenvalue weighted by Gasteiger charge is -2.33. The highest BCUT2D eigenvalue weighted by molar-refractivity contribution is 7.14. The van der Waals surface area contributed by atoms with E-state index < -0.39 is 24.9 Å². The van der Waals surface area contributed by atoms with Crippen LogP contribution in [0.25, 0.3) is 21.6 Å². The highest BCUT2D eigenvalue weighted by Crippen LogP contribution is 2.36. The number of benzene rings is 1. The normalized spacial score (nSPS) is 21.9. The maximum Gasteiger partial charge on any atom is 0.406 e. The topological polar surface area (TPSA) is 78.3 Å². The molecule has 2 aliphatic rings. The van der Waals surface area contributed by atoms with Gasteiger partial charge in [0.05, 0.1) is 23.8 Å². The molecule has 3 aromatic rings. The summed E-state index contributed by atoms with van der Waals surface area (Å²) in [5.74, 6) is -0.0934. The van der Waals surface area contributed by atoms with Crippen molar-refractivity contribution in [1.29, 1.82) is 0 Å². The first kappa shape index (κ1) is 27.8. The molecule has 4 heterocycles. The summed E-state index contributed by atoms with van der Waals surface area (Å²) in [6, 6.07) is 6.29. The van der Waals surface area contributed by atoms with Crippen LogP contribution in [0.2, 0.25) is 0 Å². The minimum atomic E-state index is -4.46. The molecule has 0 aliphatic carbocycles. The molecular weight excluding hydrogens is 534 g/mol. The Labute approximate surface area is 228 Å². The summed E-state index contributed by atoms with van der Waals surface area (Å²) in [5, 5.41) is 15.9. The zero-order valence-corrected chi connectivity index (χ0v) is 22.8. The Morgan fingerprint density at radius 2 is 1.85 bits per heavy atom. The smallest absolute Gasteiger partial charge is 0.379 e. The lowest BCUT2D eigenvalue weighted by molar-refractivity contribution is -0.139. The van der Waals surface area contributed by atoms with Crippen LogP contribution in [0, 0.1) is 5.92 Å². The number of halogens is 4. The summed E-state index contributed by atoms with van der Waals surface area (Å²) >= 11 is 1.15. The number of likely N-dealkylation sites (tertiary alicyclic amines) is 2. The maximum atomic E-state index is 14.7. The van der Waals surface area contributed by atoms with Crippen molar-refractivity contribution in [1.82, 2.24) is 29.9 Å². The van der Waals surface area contributed by atoms with Crippen LogP contribution >= 0.6 is 11.3 Å². The number of alkyl halides is 4. The minimum Gasteiger partial charge on any atom is -0.379 e. The summed E-state index contributed by atoms with van der Waals surface area (Å²) in [5.41, 5.74) is 1.24. The lowest BCUT2D eigenvalue weighted by Crippen LogP contribution is -2.46. The fourth-order valence-electron chi connectivity index (χ4n) is 5.36. The third kappa shape index (κ3) is 6.52. The van der Waals surface area contributed by atoms with E-state index in [0.717, 1.165) is 43.8 Å². The van der Waals surface area contributed by atoms with Crippen LogP contribution < -0.4 is 10.6 Å². The molecule has 13 heteroatoms. The summed E-state index contributed by atoms with van der Waals surface area (Å²) in [6.07, 6.45) is -3.38. The van der Waals surface area contributed by atoms with E-state index in [1.165, 1.54) is 4.57 Å². The molecule has 1 aromatic carbocycles. The molecule has 0 radical (unpaired) electrons. The van der Waals surface area contributed by atoms with Gasteiger partial charge in [0, 0.05) is 30.1 Å². The van der Waals surface area contributed by atoms with E-state index in [1.807, 2.05) is 19.0 Å². The van der Waals surface area contributed by atoms with E-state index in [2.05, 4.69) is 25.7 Å². The highest BCUT2D eigenvalue weighted by Gasteiger charge is 2.32. The molecule has 39 heavy (non-hydrogen) atoms. The van der Waals surface area contributed by atoms with Crippen molar-refractivity contribution in [2.24, 2.45) is 5.92 Å². The summed E-state index contributed by atoms with van der Waals surface area (Å²) in [7, 11) is 3.89. The molecule has 2 fully saturated rings. The van der Waals surface area contributed by atoms with Crippen LogP contribution in [0.15, 0.2) is 24.3 Å². The standard InChI is InChI=1S/C26H33F4N7OS/c1-35-9-6-16(7-10-35)24(38)31-13-23-33-34-25(39-23)22-12-17-19(32-20-8-11-36(2)14-18(20)27)4-3-5-21(17)37(22)15-26(28,29)30/h3-5,12,16,18,20,32H,6-11,13-15H2,1-2H3,(H,31,38)/t18-,20+/m0/s1. The zero-order valence-electron chi connectivity index (χ0n) is 22.0. The molecule has 2 saturated heterocycles. The number of carbonyl (C=O) groups excluding carboxylic acids is 1. The van der Waals surface area contributed by atoms with Crippen molar-refractivity contribution in [3.05, 3.63) is 29.3 Å². The summed E-state index contributed by atoms with van der Waals surface area (Å²) in [4.78, 5) is 16.7. The van der Waals surface area contributed by atoms with Gasteiger partial charge >= 0.3 is 6.18 Å². The Morgan fingerprint density at radius 1 is 1.10 bits per heavy atom. The zero-order chi connectivity index (χ0) is 27.7. The Morgan fingerprint density at radius 3 is 2.56 bits per heavy atom. The predicted molar refractivity (Wildman–Crippen MR) is 143 cm³/mol. The van der Waals surface area contributed by atoms with E-state index in [9.17, 15) is 22.4 Å². The molecule has 1 amide bonds. The van der Waals surface area contributed by atoms with Crippen LogP contribution in [-0.4, -0.2) is 89.1 Å². The molecule has 2 aromatic heterocycles. The largest absolute Gasteiger partial charge is 0.406 e. The van der Waals surface area contributed by atoms with Crippen LogP contribution in [0.4, 0.5) is 23.2 Å². The van der Waals surface area contributed by atoms with Gasteiger partial charge < -0.3 is 25.0 Å². The molecule has 5 rings (SSSR count). The highest BCUT2D eigenvalue weighted by atomic mass is 32.1. The van der Waals surface area contributed by atoms with Gasteiger partial charge in [-0.2, -0.15) is 13.2 Å². The van der Waals surface area contributed by atoms with Gasteiger partial charge in [0.15, 0.2) is 5.01 Å². The lowest BCUT2D eigenvalue weighted by atomic mass is 9.96. The molecule has 0 unspecified atom stereocenters. The molecule has 2 N–H and O–H groups in total. The van der Waals surface area contributed by atoms with Crippen molar-refractivity contribution in [2.75, 3.05) is 45.6 Å². The van der Waals surface area contributed by atoms with Gasteiger partial charge in [-0.3, -0.25) is 4.79 Å². The Hall–Kier alpha value is -2.77. The average Bonchev–Trinajstić information content (AvgIpc) is 3.49. The molecule has 0 spiro atoms. The van der Waals surface area contributed by atoms with Crippen LogP contribution in [-0.2, 0) is 17.9 Å². The fourth-order valence-corrected chi connectivity index (χ4v) is 6.17. The molecule has 212 valence electrons. The third-order valence-corrected chi connectivity index (χ3v) is 8.50. The van der Waals surface area contributed by atoms with Gasteiger partial charge in [0.2, 0.25) is 5.91 Å². The van der Waals surface area contributed by atoms with Gasteiger partial charge in [-0.25, -0.2) is 4.39 Å². The number of carbonyl (C=O) groups is 1. The second kappa shape index (κ2) is 11.4. The van der Waals surface area contributed by atoms with E-state index in [-0.39, 0.29) is 24.1 Å². The predicted octanol–water partition coefficient (Wildman–Crippen LogP) is 4.13. The monoisotopic (exact) mass is 567 g/mol. The van der Waals surface area contributed by atoms with Gasteiger partial charge in [-0.1, -0.05) is 17.4 Å². The maximum absolute atomic E-state index is 14.7. The van der Waals surface area contributed by atoms with E-state index in [1.54, 1.807) is 24.3 Å². The molecule has 2 atom stereocenters. The number of hydrogen-bond donors (Lipinski definition) is 2. The number of piperidine rings is 2. The molecular formula is C26H33F4N7OS. The number of nitrogens with zero attached hydrogens (tertiary/aromatic N) is 5. The van der Waals surface area contributed by atoms with E-state index >= 15 is 0 Å². The van der Waals surface area contributed by atoms with Crippen molar-refractivity contribution in [2.45, 2.75) is 50.7 Å². The van der Waals surface area contributed by atoms with Crippen LogP contribution in [0.5, 0.6) is 0 Å². The molecule has 0 saturated carbocycles. The molecule has 2 aliphatic heterocycles. The van der Waals surface area contributed by atoms with Crippen molar-refractivity contribution in [3.8, 4) is 10.7 Å². The van der Waals surface area contributed by atoms with Gasteiger partial charge in [0.25, 0.3) is 0 Å². The van der Waals surface area contributed by atoms with E-state index in [0.29, 0.717) is 39.6 Å². The number of rotatable bonds is 7. The first-order valence-corrected chi connectivity index (χ1v) is 14.0. The molecule has 8 nitrogen and oxygen atoms in total. The number of hydrogen-bond acceptors (Lipinski definition) is 7. The number of aromatic nitrogens is 3. The second-order valence-electron chi connectivity index (χ2n) is 10.6. The summed E-state index contributed by atoms with van der Waals surface area (Å²) < 4.78 is 56.8. The number of fused-ring (bicyclic) bond motifs is 1. The molecule has 0 bridgehead atoms. The first-order valence-electron chi connectivity index (χ1n) is 13.1. The summed E-state index contributed by atoms with van der Waals surface area (Å²) in [6.45, 7) is 1.74. The van der Waals surface area contributed by atoms with Gasteiger partial charge in [0.1, 0.15) is 17.7 Å². The van der Waals surface area contributed by atoms with E-state index in [4.69, 9.17) is 0 Å².